The molecule has 8 nitrogen and oxygen atoms in total. The Labute approximate surface area is 187 Å². The molecule has 9 heteroatoms. The molecule has 1 aliphatic rings. The summed E-state index contributed by atoms with van der Waals surface area (Å²) in [5.41, 5.74) is 2.00. The van der Waals surface area contributed by atoms with Crippen LogP contribution >= 0.6 is 0 Å². The number of anilines is 1. The number of aromatic nitrogens is 1. The first kappa shape index (κ1) is 22.2. The minimum Gasteiger partial charge on any atom is -0.379 e. The van der Waals surface area contributed by atoms with E-state index < -0.39 is 14.9 Å². The van der Waals surface area contributed by atoms with E-state index in [0.717, 1.165) is 35.4 Å². The number of nitrogens with one attached hydrogen (secondary N) is 1. The molecule has 0 amide bonds. The summed E-state index contributed by atoms with van der Waals surface area (Å²) in [6.45, 7) is 3.43. The van der Waals surface area contributed by atoms with Crippen LogP contribution in [-0.4, -0.2) is 42.3 Å². The van der Waals surface area contributed by atoms with Crippen molar-refractivity contribution < 1.29 is 13.3 Å². The minimum absolute atomic E-state index is 0.0393. The van der Waals surface area contributed by atoms with Gasteiger partial charge in [0.15, 0.2) is 0 Å². The van der Waals surface area contributed by atoms with Gasteiger partial charge < -0.3 is 5.32 Å². The van der Waals surface area contributed by atoms with Crippen molar-refractivity contribution in [2.24, 2.45) is 5.92 Å². The highest BCUT2D eigenvalue weighted by Crippen LogP contribution is 2.30. The van der Waals surface area contributed by atoms with Gasteiger partial charge in [0.1, 0.15) is 5.69 Å². The van der Waals surface area contributed by atoms with Gasteiger partial charge in [0.05, 0.1) is 15.3 Å². The lowest BCUT2D eigenvalue weighted by molar-refractivity contribution is -0.384. The third-order valence-electron chi connectivity index (χ3n) is 5.97. The maximum Gasteiger partial charge on any atom is 0.293 e. The van der Waals surface area contributed by atoms with Crippen LogP contribution < -0.4 is 5.32 Å². The smallest absolute Gasteiger partial charge is 0.293 e. The number of sulfonamides is 1. The average Bonchev–Trinajstić information content (AvgIpc) is 2.79. The van der Waals surface area contributed by atoms with E-state index in [9.17, 15) is 18.5 Å². The van der Waals surface area contributed by atoms with E-state index in [-0.39, 0.29) is 10.6 Å². The Kier molecular flexibility index (Phi) is 6.38. The second-order valence-corrected chi connectivity index (χ2v) is 10.1. The van der Waals surface area contributed by atoms with E-state index in [1.54, 1.807) is 6.20 Å². The maximum atomic E-state index is 13.0. The van der Waals surface area contributed by atoms with E-state index in [0.29, 0.717) is 37.7 Å². The van der Waals surface area contributed by atoms with E-state index in [2.05, 4.69) is 17.2 Å². The Morgan fingerprint density at radius 1 is 1.16 bits per heavy atom. The van der Waals surface area contributed by atoms with Crippen molar-refractivity contribution in [3.8, 4) is 0 Å². The van der Waals surface area contributed by atoms with Gasteiger partial charge in [-0.2, -0.15) is 4.31 Å². The molecule has 4 rings (SSSR count). The van der Waals surface area contributed by atoms with Gasteiger partial charge >= 0.3 is 0 Å². The molecule has 0 spiro atoms. The second-order valence-electron chi connectivity index (χ2n) is 8.19. The van der Waals surface area contributed by atoms with Gasteiger partial charge in [-0.25, -0.2) is 8.42 Å². The second kappa shape index (κ2) is 9.22. The van der Waals surface area contributed by atoms with Crippen LogP contribution in [0.1, 0.15) is 25.3 Å². The molecule has 1 aliphatic heterocycles. The molecule has 0 bridgehead atoms. The van der Waals surface area contributed by atoms with Crippen molar-refractivity contribution in [2.75, 3.05) is 25.0 Å². The zero-order valence-electron chi connectivity index (χ0n) is 17.9. The van der Waals surface area contributed by atoms with Gasteiger partial charge in [0, 0.05) is 37.3 Å². The predicted octanol–water partition coefficient (Wildman–Crippen LogP) is 4.22. The van der Waals surface area contributed by atoms with Crippen molar-refractivity contribution in [1.82, 2.24) is 9.29 Å². The summed E-state index contributed by atoms with van der Waals surface area (Å²) in [6.07, 6.45) is 3.96. The zero-order chi connectivity index (χ0) is 22.7. The van der Waals surface area contributed by atoms with Crippen LogP contribution in [0.5, 0.6) is 0 Å². The molecule has 1 N–H and O–H groups in total. The topological polar surface area (TPSA) is 105 Å². The number of benzene rings is 2. The third-order valence-corrected chi connectivity index (χ3v) is 7.87. The lowest BCUT2D eigenvalue weighted by Crippen LogP contribution is -2.37. The van der Waals surface area contributed by atoms with Crippen molar-refractivity contribution >= 4 is 32.3 Å². The van der Waals surface area contributed by atoms with Crippen molar-refractivity contribution in [3.05, 3.63) is 70.4 Å². The average molecular weight is 455 g/mol. The van der Waals surface area contributed by atoms with Crippen molar-refractivity contribution in [2.45, 2.75) is 31.1 Å². The molecule has 1 aromatic heterocycles. The number of hydrogen-bond acceptors (Lipinski definition) is 6. The molecule has 32 heavy (non-hydrogen) atoms. The number of piperidine rings is 1. The summed E-state index contributed by atoms with van der Waals surface area (Å²) in [7, 11) is -3.75. The van der Waals surface area contributed by atoms with E-state index >= 15 is 0 Å². The normalized spacial score (nSPS) is 15.7. The van der Waals surface area contributed by atoms with Gasteiger partial charge in [-0.3, -0.25) is 15.1 Å². The fourth-order valence-electron chi connectivity index (χ4n) is 4.05. The molecular formula is C23H26N4O4S. The Morgan fingerprint density at radius 2 is 1.91 bits per heavy atom. The van der Waals surface area contributed by atoms with E-state index in [1.807, 2.05) is 30.3 Å². The summed E-state index contributed by atoms with van der Waals surface area (Å²) < 4.78 is 27.4. The number of para-hydroxylation sites is 1. The molecule has 168 valence electrons. The van der Waals surface area contributed by atoms with Crippen LogP contribution in [0, 0.1) is 16.0 Å². The molecule has 2 heterocycles. The Morgan fingerprint density at radius 3 is 2.66 bits per heavy atom. The highest BCUT2D eigenvalue weighted by Gasteiger charge is 2.30. The zero-order valence-corrected chi connectivity index (χ0v) is 18.7. The summed E-state index contributed by atoms with van der Waals surface area (Å²) in [6, 6.07) is 13.9. The van der Waals surface area contributed by atoms with E-state index in [4.69, 9.17) is 0 Å². The number of hydrogen-bond donors (Lipinski definition) is 1. The molecule has 0 unspecified atom stereocenters. The first-order valence-corrected chi connectivity index (χ1v) is 12.2. The number of pyridine rings is 1. The molecular weight excluding hydrogens is 428 g/mol. The number of rotatable bonds is 7. The fourth-order valence-corrected chi connectivity index (χ4v) is 5.54. The monoisotopic (exact) mass is 454 g/mol. The summed E-state index contributed by atoms with van der Waals surface area (Å²) >= 11 is 0. The fraction of sp³-hybridized carbons (Fsp3) is 0.348. The first-order valence-electron chi connectivity index (χ1n) is 10.7. The maximum absolute atomic E-state index is 13.0. The lowest BCUT2D eigenvalue weighted by atomic mass is 10.0. The minimum atomic E-state index is -3.75. The van der Waals surface area contributed by atoms with Crippen LogP contribution in [-0.2, 0) is 16.4 Å². The van der Waals surface area contributed by atoms with Crippen LogP contribution in [0.25, 0.3) is 10.9 Å². The molecule has 1 saturated heterocycles. The first-order chi connectivity index (χ1) is 15.4. The SMILES string of the molecule is CC1CCN(S(=O)(=O)c2ccc(NCCc3cccc4cccnc34)c([N+](=O)[O-])c2)CC1. The summed E-state index contributed by atoms with van der Waals surface area (Å²) in [4.78, 5) is 15.5. The molecule has 0 aliphatic carbocycles. The Balaban J connectivity index is 1.51. The number of fused-ring (bicyclic) bond motifs is 1. The van der Waals surface area contributed by atoms with Crippen LogP contribution in [0.4, 0.5) is 11.4 Å². The lowest BCUT2D eigenvalue weighted by Gasteiger charge is -2.29. The van der Waals surface area contributed by atoms with Gasteiger partial charge in [0.2, 0.25) is 10.0 Å². The van der Waals surface area contributed by atoms with Gasteiger partial charge in [0.25, 0.3) is 5.69 Å². The third kappa shape index (κ3) is 4.58. The molecule has 0 radical (unpaired) electrons. The van der Waals surface area contributed by atoms with Gasteiger partial charge in [-0.15, -0.1) is 0 Å². The molecule has 0 atom stereocenters. The van der Waals surface area contributed by atoms with Gasteiger partial charge in [-0.05, 0) is 48.9 Å². The molecule has 3 aromatic rings. The van der Waals surface area contributed by atoms with Crippen molar-refractivity contribution in [1.29, 1.82) is 0 Å². The van der Waals surface area contributed by atoms with Gasteiger partial charge in [-0.1, -0.05) is 31.2 Å². The Hall–Kier alpha value is -3.04. The highest BCUT2D eigenvalue weighted by atomic mass is 32.2. The van der Waals surface area contributed by atoms with Crippen LogP contribution in [0.2, 0.25) is 0 Å². The summed E-state index contributed by atoms with van der Waals surface area (Å²) in [5.74, 6) is 0.485. The molecule has 2 aromatic carbocycles. The number of nitro benzene ring substituents is 1. The highest BCUT2D eigenvalue weighted by molar-refractivity contribution is 7.89. The van der Waals surface area contributed by atoms with Crippen LogP contribution in [0.15, 0.2) is 59.6 Å². The standard InChI is InChI=1S/C23H26N4O4S/c1-17-10-14-26(15-11-17)32(30,31)20-7-8-21(22(16-20)27(28)29)24-13-9-19-5-2-4-18-6-3-12-25-23(18)19/h2-8,12,16-17,24H,9-11,13-15H2,1H3. The largest absolute Gasteiger partial charge is 0.379 e. The van der Waals surface area contributed by atoms with E-state index in [1.165, 1.54) is 16.4 Å². The quantitative estimate of drug-likeness (QED) is 0.423. The molecule has 0 saturated carbocycles. The molecule has 1 fully saturated rings. The number of nitro groups is 1. The van der Waals surface area contributed by atoms with Crippen molar-refractivity contribution in [3.63, 3.8) is 0 Å². The summed E-state index contributed by atoms with van der Waals surface area (Å²) in [5, 5.41) is 15.8. The number of nitrogens with zero attached hydrogens (tertiary/aromatic N) is 3. The Bertz CT molecular complexity index is 1230. The predicted molar refractivity (Wildman–Crippen MR) is 124 cm³/mol. The van der Waals surface area contributed by atoms with Crippen LogP contribution in [0.3, 0.4) is 0 Å².